The molecule has 1 rings (SSSR count). The van der Waals surface area contributed by atoms with Gasteiger partial charge in [-0.05, 0) is 35.0 Å². The van der Waals surface area contributed by atoms with Crippen molar-refractivity contribution < 1.29 is 9.53 Å². The van der Waals surface area contributed by atoms with Gasteiger partial charge >= 0.3 is 5.97 Å². The Morgan fingerprint density at radius 2 is 2.14 bits per heavy atom. The molecular formula is C9H7BrCl2O2. The van der Waals surface area contributed by atoms with Crippen LogP contribution in [0.15, 0.2) is 16.6 Å². The van der Waals surface area contributed by atoms with E-state index in [2.05, 4.69) is 15.9 Å². The molecule has 5 heteroatoms. The largest absolute Gasteiger partial charge is 0.462 e. The fourth-order valence-corrected chi connectivity index (χ4v) is 1.91. The first kappa shape index (κ1) is 11.8. The van der Waals surface area contributed by atoms with Gasteiger partial charge in [-0.2, -0.15) is 0 Å². The van der Waals surface area contributed by atoms with Crippen molar-refractivity contribution >= 4 is 45.1 Å². The molecule has 0 radical (unpaired) electrons. The Morgan fingerprint density at radius 3 is 2.71 bits per heavy atom. The van der Waals surface area contributed by atoms with Crippen LogP contribution in [0.5, 0.6) is 0 Å². The van der Waals surface area contributed by atoms with Crippen molar-refractivity contribution in [3.63, 3.8) is 0 Å². The first-order valence-electron chi connectivity index (χ1n) is 3.88. The number of halogens is 3. The fourth-order valence-electron chi connectivity index (χ4n) is 0.913. The molecule has 0 spiro atoms. The summed E-state index contributed by atoms with van der Waals surface area (Å²) in [6, 6.07) is 3.10. The van der Waals surface area contributed by atoms with Crippen molar-refractivity contribution in [2.45, 2.75) is 6.92 Å². The lowest BCUT2D eigenvalue weighted by atomic mass is 10.2. The summed E-state index contributed by atoms with van der Waals surface area (Å²) in [7, 11) is 0. The van der Waals surface area contributed by atoms with Gasteiger partial charge in [-0.1, -0.05) is 23.2 Å². The standard InChI is InChI=1S/C9H7BrCl2O2/c1-2-14-9(13)6-3-5(11)4-7(10)8(6)12/h3-4H,2H2,1H3. The van der Waals surface area contributed by atoms with Crippen LogP contribution < -0.4 is 0 Å². The molecule has 0 amide bonds. The van der Waals surface area contributed by atoms with Crippen LogP contribution in [-0.2, 0) is 4.74 Å². The average molecular weight is 298 g/mol. The summed E-state index contributed by atoms with van der Waals surface area (Å²) < 4.78 is 5.39. The molecule has 1 aromatic carbocycles. The SMILES string of the molecule is CCOC(=O)c1cc(Cl)cc(Br)c1Cl. The summed E-state index contributed by atoms with van der Waals surface area (Å²) in [6.45, 7) is 2.03. The van der Waals surface area contributed by atoms with Gasteiger partial charge in [0.2, 0.25) is 0 Å². The topological polar surface area (TPSA) is 26.3 Å². The fraction of sp³-hybridized carbons (Fsp3) is 0.222. The Hall–Kier alpha value is -0.250. The number of hydrogen-bond donors (Lipinski definition) is 0. The Kier molecular flexibility index (Phi) is 4.23. The number of benzene rings is 1. The Balaban J connectivity index is 3.13. The van der Waals surface area contributed by atoms with Gasteiger partial charge in [0.25, 0.3) is 0 Å². The zero-order chi connectivity index (χ0) is 10.7. The smallest absolute Gasteiger partial charge is 0.339 e. The van der Waals surface area contributed by atoms with E-state index in [1.807, 2.05) is 0 Å². The van der Waals surface area contributed by atoms with Crippen molar-refractivity contribution in [1.29, 1.82) is 0 Å². The maximum atomic E-state index is 11.4. The summed E-state index contributed by atoms with van der Waals surface area (Å²) in [5, 5.41) is 0.747. The second-order valence-electron chi connectivity index (χ2n) is 2.47. The van der Waals surface area contributed by atoms with E-state index in [4.69, 9.17) is 27.9 Å². The van der Waals surface area contributed by atoms with Crippen LogP contribution in [0.3, 0.4) is 0 Å². The number of rotatable bonds is 2. The van der Waals surface area contributed by atoms with Gasteiger partial charge in [-0.15, -0.1) is 0 Å². The third kappa shape index (κ3) is 2.62. The molecule has 0 aliphatic rings. The molecule has 0 saturated heterocycles. The Morgan fingerprint density at radius 1 is 1.50 bits per heavy atom. The second kappa shape index (κ2) is 5.01. The average Bonchev–Trinajstić information content (AvgIpc) is 2.11. The van der Waals surface area contributed by atoms with Gasteiger partial charge < -0.3 is 4.74 Å². The summed E-state index contributed by atoms with van der Waals surface area (Å²) >= 11 is 14.9. The van der Waals surface area contributed by atoms with E-state index in [0.717, 1.165) is 0 Å². The summed E-state index contributed by atoms with van der Waals surface area (Å²) in [4.78, 5) is 11.4. The van der Waals surface area contributed by atoms with Gasteiger partial charge in [-0.3, -0.25) is 0 Å². The van der Waals surface area contributed by atoms with E-state index < -0.39 is 5.97 Å². The molecule has 0 N–H and O–H groups in total. The summed E-state index contributed by atoms with van der Waals surface area (Å²) in [5.41, 5.74) is 0.271. The van der Waals surface area contributed by atoms with E-state index in [9.17, 15) is 4.79 Å². The number of carbonyl (C=O) groups is 1. The van der Waals surface area contributed by atoms with E-state index in [1.165, 1.54) is 6.07 Å². The lowest BCUT2D eigenvalue weighted by Gasteiger charge is -2.05. The van der Waals surface area contributed by atoms with E-state index in [-0.39, 0.29) is 5.56 Å². The maximum absolute atomic E-state index is 11.4. The third-order valence-electron chi connectivity index (χ3n) is 1.49. The van der Waals surface area contributed by atoms with Gasteiger partial charge in [0.1, 0.15) is 0 Å². The van der Waals surface area contributed by atoms with Crippen LogP contribution in [0, 0.1) is 0 Å². The minimum absolute atomic E-state index is 0.271. The van der Waals surface area contributed by atoms with Crippen molar-refractivity contribution in [1.82, 2.24) is 0 Å². The molecule has 0 aliphatic heterocycles. The highest BCUT2D eigenvalue weighted by atomic mass is 79.9. The Bertz CT molecular complexity index is 366. The highest BCUT2D eigenvalue weighted by Gasteiger charge is 2.14. The summed E-state index contributed by atoms with van der Waals surface area (Å²) in [5.74, 6) is -0.472. The van der Waals surface area contributed by atoms with E-state index >= 15 is 0 Å². The predicted octanol–water partition coefficient (Wildman–Crippen LogP) is 3.93. The van der Waals surface area contributed by atoms with Crippen LogP contribution >= 0.6 is 39.1 Å². The maximum Gasteiger partial charge on any atom is 0.339 e. The summed E-state index contributed by atoms with van der Waals surface area (Å²) in [6.07, 6.45) is 0. The molecule has 0 saturated carbocycles. The number of carbonyl (C=O) groups excluding carboxylic acids is 1. The van der Waals surface area contributed by atoms with Crippen LogP contribution in [0.4, 0.5) is 0 Å². The lowest BCUT2D eigenvalue weighted by Crippen LogP contribution is -2.05. The number of ether oxygens (including phenoxy) is 1. The van der Waals surface area contributed by atoms with Crippen molar-refractivity contribution in [2.24, 2.45) is 0 Å². The molecule has 0 fully saturated rings. The Labute approximate surface area is 100 Å². The molecule has 0 heterocycles. The van der Waals surface area contributed by atoms with Crippen LogP contribution in [-0.4, -0.2) is 12.6 Å². The van der Waals surface area contributed by atoms with Crippen molar-refractivity contribution in [3.05, 3.63) is 32.2 Å². The normalized spacial score (nSPS) is 10.0. The first-order chi connectivity index (χ1) is 6.56. The molecular weight excluding hydrogens is 291 g/mol. The molecule has 76 valence electrons. The molecule has 0 atom stereocenters. The molecule has 14 heavy (non-hydrogen) atoms. The van der Waals surface area contributed by atoms with E-state index in [1.54, 1.807) is 13.0 Å². The molecule has 0 aromatic heterocycles. The quantitative estimate of drug-likeness (QED) is 0.611. The van der Waals surface area contributed by atoms with Gasteiger partial charge in [0.15, 0.2) is 0 Å². The first-order valence-corrected chi connectivity index (χ1v) is 5.42. The monoisotopic (exact) mass is 296 g/mol. The van der Waals surface area contributed by atoms with Gasteiger partial charge in [0, 0.05) is 9.50 Å². The predicted molar refractivity (Wildman–Crippen MR) is 60.1 cm³/mol. The third-order valence-corrected chi connectivity index (χ3v) is 2.97. The van der Waals surface area contributed by atoms with Gasteiger partial charge in [0.05, 0.1) is 17.2 Å². The minimum Gasteiger partial charge on any atom is -0.462 e. The molecule has 0 aliphatic carbocycles. The highest BCUT2D eigenvalue weighted by Crippen LogP contribution is 2.30. The molecule has 2 nitrogen and oxygen atoms in total. The van der Waals surface area contributed by atoms with Crippen LogP contribution in [0.2, 0.25) is 10.0 Å². The lowest BCUT2D eigenvalue weighted by molar-refractivity contribution is 0.0526. The van der Waals surface area contributed by atoms with Crippen LogP contribution in [0.1, 0.15) is 17.3 Å². The highest BCUT2D eigenvalue weighted by molar-refractivity contribution is 9.10. The molecule has 0 bridgehead atoms. The molecule has 0 unspecified atom stereocenters. The van der Waals surface area contributed by atoms with Crippen molar-refractivity contribution in [2.75, 3.05) is 6.61 Å². The number of esters is 1. The minimum atomic E-state index is -0.472. The zero-order valence-corrected chi connectivity index (χ0v) is 10.4. The van der Waals surface area contributed by atoms with Gasteiger partial charge in [-0.25, -0.2) is 4.79 Å². The number of hydrogen-bond acceptors (Lipinski definition) is 2. The molecule has 1 aromatic rings. The van der Waals surface area contributed by atoms with E-state index in [0.29, 0.717) is 21.1 Å². The van der Waals surface area contributed by atoms with Crippen LogP contribution in [0.25, 0.3) is 0 Å². The van der Waals surface area contributed by atoms with Crippen molar-refractivity contribution in [3.8, 4) is 0 Å². The second-order valence-corrected chi connectivity index (χ2v) is 4.14. The zero-order valence-electron chi connectivity index (χ0n) is 7.31.